The molecule has 0 bridgehead atoms. The molecule has 0 radical (unpaired) electrons. The molecule has 0 aliphatic rings. The average molecular weight is 512 g/mol. The van der Waals surface area contributed by atoms with Crippen molar-refractivity contribution >= 4 is 17.4 Å². The molecule has 0 atom stereocenters. The number of aromatic amines is 1. The molecule has 5 aromatic rings. The maximum Gasteiger partial charge on any atom is 0.323 e. The zero-order valence-corrected chi connectivity index (χ0v) is 21.1. The lowest BCUT2D eigenvalue weighted by molar-refractivity contribution is 0.262. The molecule has 5 rings (SSSR count). The van der Waals surface area contributed by atoms with Gasteiger partial charge in [-0.15, -0.1) is 0 Å². The van der Waals surface area contributed by atoms with Gasteiger partial charge in [-0.25, -0.2) is 9.18 Å². The zero-order valence-electron chi connectivity index (χ0n) is 21.1. The summed E-state index contributed by atoms with van der Waals surface area (Å²) in [6, 6.07) is 16.2. The number of benzene rings is 2. The summed E-state index contributed by atoms with van der Waals surface area (Å²) in [5.41, 5.74) is 3.34. The quantitative estimate of drug-likeness (QED) is 0.236. The van der Waals surface area contributed by atoms with Crippen LogP contribution in [0.5, 0.6) is 11.5 Å². The number of pyridine rings is 1. The van der Waals surface area contributed by atoms with Crippen LogP contribution in [0.25, 0.3) is 22.5 Å². The van der Waals surface area contributed by atoms with Crippen molar-refractivity contribution in [3.05, 3.63) is 91.3 Å². The van der Waals surface area contributed by atoms with Gasteiger partial charge in [-0.05, 0) is 63.2 Å². The Bertz CT molecular complexity index is 1560. The van der Waals surface area contributed by atoms with E-state index in [1.807, 2.05) is 26.8 Å². The number of amides is 2. The number of H-pyrrole nitrogens is 1. The van der Waals surface area contributed by atoms with Gasteiger partial charge in [0.2, 0.25) is 0 Å². The van der Waals surface area contributed by atoms with Crippen LogP contribution in [0.3, 0.4) is 0 Å². The Morgan fingerprint density at radius 1 is 1.00 bits per heavy atom. The van der Waals surface area contributed by atoms with E-state index in [1.54, 1.807) is 71.9 Å². The van der Waals surface area contributed by atoms with Crippen LogP contribution < -0.4 is 15.4 Å². The van der Waals surface area contributed by atoms with Crippen LogP contribution in [0.2, 0.25) is 0 Å². The Hall–Kier alpha value is -4.99. The predicted octanol–water partition coefficient (Wildman–Crippen LogP) is 6.67. The molecule has 0 spiro atoms. The van der Waals surface area contributed by atoms with E-state index in [0.717, 1.165) is 11.3 Å². The monoisotopic (exact) mass is 511 g/mol. The van der Waals surface area contributed by atoms with E-state index in [2.05, 4.69) is 30.9 Å². The van der Waals surface area contributed by atoms with Crippen molar-refractivity contribution in [3.8, 4) is 34.0 Å². The van der Waals surface area contributed by atoms with E-state index in [0.29, 0.717) is 34.1 Å². The fourth-order valence-electron chi connectivity index (χ4n) is 3.71. The Morgan fingerprint density at radius 3 is 2.53 bits per heavy atom. The summed E-state index contributed by atoms with van der Waals surface area (Å²) in [5, 5.41) is 17.0. The number of hydrogen-bond acceptors (Lipinski definition) is 5. The number of anilines is 2. The average Bonchev–Trinajstić information content (AvgIpc) is 3.56. The van der Waals surface area contributed by atoms with Crippen molar-refractivity contribution in [2.24, 2.45) is 0 Å². The summed E-state index contributed by atoms with van der Waals surface area (Å²) in [7, 11) is 0. The number of nitrogens with one attached hydrogen (secondary N) is 3. The second kappa shape index (κ2) is 10.2. The summed E-state index contributed by atoms with van der Waals surface area (Å²) in [5.74, 6) is 0.838. The molecule has 38 heavy (non-hydrogen) atoms. The third-order valence-electron chi connectivity index (χ3n) is 5.62. The van der Waals surface area contributed by atoms with Gasteiger partial charge in [-0.1, -0.05) is 12.1 Å². The molecular weight excluding hydrogens is 485 g/mol. The summed E-state index contributed by atoms with van der Waals surface area (Å²) in [6.07, 6.45) is 6.85. The third kappa shape index (κ3) is 5.70. The zero-order chi connectivity index (χ0) is 26.7. The number of urea groups is 1. The van der Waals surface area contributed by atoms with E-state index in [4.69, 9.17) is 4.74 Å². The van der Waals surface area contributed by atoms with Gasteiger partial charge in [0.25, 0.3) is 0 Å². The molecule has 0 aliphatic carbocycles. The molecule has 10 heteroatoms. The first-order valence-corrected chi connectivity index (χ1v) is 11.9. The predicted molar refractivity (Wildman–Crippen MR) is 144 cm³/mol. The highest BCUT2D eigenvalue weighted by atomic mass is 19.1. The minimum absolute atomic E-state index is 0.331. The van der Waals surface area contributed by atoms with Crippen molar-refractivity contribution < 1.29 is 13.9 Å². The molecule has 2 aromatic carbocycles. The van der Waals surface area contributed by atoms with E-state index in [9.17, 15) is 9.18 Å². The Labute approximate surface area is 218 Å². The Balaban J connectivity index is 1.28. The van der Waals surface area contributed by atoms with E-state index >= 15 is 0 Å². The molecule has 0 saturated heterocycles. The lowest BCUT2D eigenvalue weighted by Crippen LogP contribution is -2.22. The molecule has 0 aliphatic heterocycles. The molecule has 3 N–H and O–H groups in total. The van der Waals surface area contributed by atoms with Crippen LogP contribution in [0.1, 0.15) is 20.8 Å². The number of rotatable bonds is 6. The molecule has 0 saturated carbocycles. The second-order valence-corrected chi connectivity index (χ2v) is 9.59. The maximum atomic E-state index is 13.9. The molecule has 0 unspecified atom stereocenters. The first-order valence-electron chi connectivity index (χ1n) is 11.9. The van der Waals surface area contributed by atoms with Gasteiger partial charge in [0.1, 0.15) is 23.0 Å². The highest BCUT2D eigenvalue weighted by molar-refractivity contribution is 6.01. The Kier molecular flexibility index (Phi) is 6.61. The van der Waals surface area contributed by atoms with Crippen LogP contribution in [0, 0.1) is 5.82 Å². The minimum Gasteiger partial charge on any atom is -0.457 e. The molecule has 3 heterocycles. The van der Waals surface area contributed by atoms with Crippen LogP contribution in [-0.4, -0.2) is 31.0 Å². The van der Waals surface area contributed by atoms with Crippen molar-refractivity contribution in [1.82, 2.24) is 25.0 Å². The maximum absolute atomic E-state index is 13.9. The Morgan fingerprint density at radius 2 is 1.82 bits per heavy atom. The number of ether oxygens (including phenoxy) is 1. The van der Waals surface area contributed by atoms with Crippen LogP contribution in [-0.2, 0) is 5.54 Å². The molecule has 2 amide bonds. The number of hydrogen-bond donors (Lipinski definition) is 3. The molecule has 3 aromatic heterocycles. The SMILES string of the molecule is CC(C)(C)n1cc(NC(=O)Nc2ccc(Oc3ccnc(-c4cn[nH]c4)c3)cc2)c(-c2cccc(F)c2)n1. The van der Waals surface area contributed by atoms with Crippen molar-refractivity contribution in [1.29, 1.82) is 0 Å². The van der Waals surface area contributed by atoms with Gasteiger partial charge < -0.3 is 15.4 Å². The second-order valence-electron chi connectivity index (χ2n) is 9.59. The summed E-state index contributed by atoms with van der Waals surface area (Å²) >= 11 is 0. The normalized spacial score (nSPS) is 11.3. The smallest absolute Gasteiger partial charge is 0.323 e. The van der Waals surface area contributed by atoms with E-state index in [-0.39, 0.29) is 11.4 Å². The standard InChI is InChI=1S/C28H26FN7O2/c1-28(2,3)36-17-25(26(35-36)18-5-4-6-20(29)13-18)34-27(37)33-21-7-9-22(10-8-21)38-23-11-12-30-24(14-23)19-15-31-32-16-19/h4-17H,1-3H3,(H,31,32)(H2,33,34,37). The highest BCUT2D eigenvalue weighted by Gasteiger charge is 2.20. The molecule has 0 fully saturated rings. The summed E-state index contributed by atoms with van der Waals surface area (Å²) < 4.78 is 21.6. The third-order valence-corrected chi connectivity index (χ3v) is 5.62. The first kappa shape index (κ1) is 24.7. The number of carbonyl (C=O) groups is 1. The van der Waals surface area contributed by atoms with Gasteiger partial charge in [-0.3, -0.25) is 14.8 Å². The van der Waals surface area contributed by atoms with Crippen molar-refractivity contribution in [3.63, 3.8) is 0 Å². The van der Waals surface area contributed by atoms with Gasteiger partial charge in [0.05, 0.1) is 23.1 Å². The number of nitrogens with zero attached hydrogens (tertiary/aromatic N) is 4. The van der Waals surface area contributed by atoms with Crippen LogP contribution in [0.4, 0.5) is 20.6 Å². The first-order chi connectivity index (χ1) is 18.2. The highest BCUT2D eigenvalue weighted by Crippen LogP contribution is 2.30. The van der Waals surface area contributed by atoms with E-state index in [1.165, 1.54) is 12.1 Å². The van der Waals surface area contributed by atoms with Gasteiger partial charge in [0, 0.05) is 41.5 Å². The van der Waals surface area contributed by atoms with Crippen LogP contribution in [0.15, 0.2) is 85.5 Å². The molecular formula is C28H26FN7O2. The number of carbonyl (C=O) groups excluding carboxylic acids is 1. The largest absolute Gasteiger partial charge is 0.457 e. The fraction of sp³-hybridized carbons (Fsp3) is 0.143. The molecule has 9 nitrogen and oxygen atoms in total. The summed E-state index contributed by atoms with van der Waals surface area (Å²) in [6.45, 7) is 5.98. The lowest BCUT2D eigenvalue weighted by Gasteiger charge is -2.18. The van der Waals surface area contributed by atoms with E-state index < -0.39 is 6.03 Å². The van der Waals surface area contributed by atoms with Crippen LogP contribution >= 0.6 is 0 Å². The lowest BCUT2D eigenvalue weighted by atomic mass is 10.1. The van der Waals surface area contributed by atoms with Gasteiger partial charge in [0.15, 0.2) is 0 Å². The minimum atomic E-state index is -0.455. The van der Waals surface area contributed by atoms with Crippen molar-refractivity contribution in [2.75, 3.05) is 10.6 Å². The fourth-order valence-corrected chi connectivity index (χ4v) is 3.71. The molecule has 192 valence electrons. The summed E-state index contributed by atoms with van der Waals surface area (Å²) in [4.78, 5) is 17.2. The topological polar surface area (TPSA) is 110 Å². The van der Waals surface area contributed by atoms with Gasteiger partial charge in [-0.2, -0.15) is 10.2 Å². The number of aromatic nitrogens is 5. The van der Waals surface area contributed by atoms with Gasteiger partial charge >= 0.3 is 6.03 Å². The number of halogens is 1. The van der Waals surface area contributed by atoms with Crippen molar-refractivity contribution in [2.45, 2.75) is 26.3 Å².